The summed E-state index contributed by atoms with van der Waals surface area (Å²) < 4.78 is 9.50. The van der Waals surface area contributed by atoms with Gasteiger partial charge in [-0.25, -0.2) is 4.79 Å². The molecule has 1 aliphatic rings. The number of nitrogens with zero attached hydrogens (tertiary/aromatic N) is 1. The van der Waals surface area contributed by atoms with Crippen LogP contribution in [0.5, 0.6) is 0 Å². The fraction of sp³-hybridized carbons (Fsp3) is 0.421. The number of hydrogen-bond acceptors (Lipinski definition) is 7. The Labute approximate surface area is 162 Å². The average molecular weight is 390 g/mol. The summed E-state index contributed by atoms with van der Waals surface area (Å²) in [5.74, 6) is -3.56. The first kappa shape index (κ1) is 21.1. The van der Waals surface area contributed by atoms with Crippen molar-refractivity contribution in [2.24, 2.45) is 5.92 Å². The molecular weight excluding hydrogens is 368 g/mol. The fourth-order valence-corrected chi connectivity index (χ4v) is 2.71. The van der Waals surface area contributed by atoms with E-state index >= 15 is 0 Å². The van der Waals surface area contributed by atoms with E-state index in [0.717, 1.165) is 4.90 Å². The van der Waals surface area contributed by atoms with Gasteiger partial charge in [0.05, 0.1) is 18.2 Å². The van der Waals surface area contributed by atoms with Crippen molar-refractivity contribution in [3.05, 3.63) is 35.4 Å². The molecule has 150 valence electrons. The summed E-state index contributed by atoms with van der Waals surface area (Å²) in [5.41, 5.74) is 0.431. The Balaban J connectivity index is 1.89. The molecule has 0 unspecified atom stereocenters. The number of ether oxygens (including phenoxy) is 2. The van der Waals surface area contributed by atoms with Crippen molar-refractivity contribution in [2.75, 3.05) is 20.3 Å². The minimum Gasteiger partial charge on any atom is -0.467 e. The lowest BCUT2D eigenvalue weighted by Gasteiger charge is -2.21. The van der Waals surface area contributed by atoms with Gasteiger partial charge >= 0.3 is 11.9 Å². The molecule has 3 amide bonds. The first-order valence-corrected chi connectivity index (χ1v) is 8.78. The molecule has 9 nitrogen and oxygen atoms in total. The van der Waals surface area contributed by atoms with Gasteiger partial charge in [-0.15, -0.1) is 0 Å². The van der Waals surface area contributed by atoms with Gasteiger partial charge < -0.3 is 14.8 Å². The van der Waals surface area contributed by atoms with Crippen LogP contribution in [0.25, 0.3) is 0 Å². The lowest BCUT2D eigenvalue weighted by atomic mass is 9.99. The van der Waals surface area contributed by atoms with Crippen LogP contribution in [0.3, 0.4) is 0 Å². The highest BCUT2D eigenvalue weighted by Gasteiger charge is 2.36. The normalized spacial score (nSPS) is 14.9. The third kappa shape index (κ3) is 4.54. The standard InChI is InChI=1S/C19H22N2O7/c1-4-11(2)16(19(26)27-3)20-14(22)10-28-15(23)9-21-17(24)12-7-5-6-8-13(12)18(21)25/h5-8,11,16H,4,9-10H2,1-3H3,(H,20,22)/t11-,16+/m0/s1. The van der Waals surface area contributed by atoms with E-state index in [1.54, 1.807) is 19.1 Å². The monoisotopic (exact) mass is 390 g/mol. The van der Waals surface area contributed by atoms with E-state index in [0.29, 0.717) is 6.42 Å². The molecule has 28 heavy (non-hydrogen) atoms. The molecule has 0 radical (unpaired) electrons. The first-order chi connectivity index (χ1) is 13.3. The van der Waals surface area contributed by atoms with Crippen molar-refractivity contribution in [3.63, 3.8) is 0 Å². The summed E-state index contributed by atoms with van der Waals surface area (Å²) in [4.78, 5) is 60.9. The number of benzene rings is 1. The van der Waals surface area contributed by atoms with E-state index in [2.05, 4.69) is 10.1 Å². The minimum atomic E-state index is -0.914. The van der Waals surface area contributed by atoms with Gasteiger partial charge in [-0.3, -0.25) is 24.1 Å². The van der Waals surface area contributed by atoms with Crippen molar-refractivity contribution >= 4 is 29.7 Å². The van der Waals surface area contributed by atoms with E-state index in [9.17, 15) is 24.0 Å². The van der Waals surface area contributed by atoms with Crippen LogP contribution in [0, 0.1) is 5.92 Å². The lowest BCUT2D eigenvalue weighted by molar-refractivity contribution is -0.151. The third-order valence-corrected chi connectivity index (χ3v) is 4.51. The van der Waals surface area contributed by atoms with Gasteiger partial charge in [-0.1, -0.05) is 32.4 Å². The molecule has 0 aromatic heterocycles. The van der Waals surface area contributed by atoms with Crippen molar-refractivity contribution in [2.45, 2.75) is 26.3 Å². The third-order valence-electron chi connectivity index (χ3n) is 4.51. The molecule has 1 aromatic rings. The van der Waals surface area contributed by atoms with Crippen molar-refractivity contribution < 1.29 is 33.4 Å². The van der Waals surface area contributed by atoms with E-state index in [1.165, 1.54) is 19.2 Å². The zero-order valence-corrected chi connectivity index (χ0v) is 15.9. The molecule has 0 saturated heterocycles. The Morgan fingerprint density at radius 3 is 2.18 bits per heavy atom. The Kier molecular flexibility index (Phi) is 6.86. The molecule has 1 heterocycles. The van der Waals surface area contributed by atoms with Gasteiger partial charge in [-0.2, -0.15) is 0 Å². The summed E-state index contributed by atoms with van der Waals surface area (Å²) in [7, 11) is 1.21. The maximum absolute atomic E-state index is 12.2. The number of hydrogen-bond donors (Lipinski definition) is 1. The summed E-state index contributed by atoms with van der Waals surface area (Å²) in [6, 6.07) is 5.36. The summed E-state index contributed by atoms with van der Waals surface area (Å²) in [6.07, 6.45) is 0.625. The highest BCUT2D eigenvalue weighted by Crippen LogP contribution is 2.22. The number of rotatable bonds is 8. The van der Waals surface area contributed by atoms with Gasteiger partial charge in [0.25, 0.3) is 17.7 Å². The Morgan fingerprint density at radius 1 is 1.11 bits per heavy atom. The van der Waals surface area contributed by atoms with Crippen LogP contribution in [0.4, 0.5) is 0 Å². The summed E-state index contributed by atoms with van der Waals surface area (Å²) in [5, 5.41) is 2.46. The van der Waals surface area contributed by atoms with E-state index in [-0.39, 0.29) is 17.0 Å². The predicted octanol–water partition coefficient (Wildman–Crippen LogP) is 0.530. The molecule has 0 bridgehead atoms. The molecule has 0 aliphatic carbocycles. The fourth-order valence-electron chi connectivity index (χ4n) is 2.71. The van der Waals surface area contributed by atoms with Gasteiger partial charge in [-0.05, 0) is 18.1 Å². The molecule has 0 fully saturated rings. The van der Waals surface area contributed by atoms with E-state index in [1.807, 2.05) is 6.92 Å². The maximum atomic E-state index is 12.2. The van der Waals surface area contributed by atoms with E-state index in [4.69, 9.17) is 4.74 Å². The van der Waals surface area contributed by atoms with Crippen molar-refractivity contribution in [1.29, 1.82) is 0 Å². The molecule has 1 aromatic carbocycles. The number of carbonyl (C=O) groups excluding carboxylic acids is 5. The lowest BCUT2D eigenvalue weighted by Crippen LogP contribution is -2.47. The number of carbonyl (C=O) groups is 5. The number of imide groups is 1. The van der Waals surface area contributed by atoms with Crippen LogP contribution in [-0.2, 0) is 23.9 Å². The molecule has 9 heteroatoms. The molecule has 1 N–H and O–H groups in total. The number of fused-ring (bicyclic) bond motifs is 1. The largest absolute Gasteiger partial charge is 0.467 e. The predicted molar refractivity (Wildman–Crippen MR) is 96.2 cm³/mol. The highest BCUT2D eigenvalue weighted by atomic mass is 16.5. The molecule has 2 atom stereocenters. The zero-order valence-electron chi connectivity index (χ0n) is 15.9. The second-order valence-corrected chi connectivity index (χ2v) is 6.36. The molecule has 0 saturated carbocycles. The minimum absolute atomic E-state index is 0.176. The number of nitrogens with one attached hydrogen (secondary N) is 1. The Morgan fingerprint density at radius 2 is 1.68 bits per heavy atom. The van der Waals surface area contributed by atoms with Gasteiger partial charge in [0.15, 0.2) is 6.61 Å². The second kappa shape index (κ2) is 9.12. The average Bonchev–Trinajstić information content (AvgIpc) is 2.94. The maximum Gasteiger partial charge on any atom is 0.328 e. The van der Waals surface area contributed by atoms with Crippen LogP contribution >= 0.6 is 0 Å². The van der Waals surface area contributed by atoms with Crippen molar-refractivity contribution in [1.82, 2.24) is 10.2 Å². The Hall–Kier alpha value is -3.23. The van der Waals surface area contributed by atoms with Gasteiger partial charge in [0, 0.05) is 0 Å². The second-order valence-electron chi connectivity index (χ2n) is 6.36. The summed E-state index contributed by atoms with van der Waals surface area (Å²) in [6.45, 7) is 2.38. The number of methoxy groups -OCH3 is 1. The molecule has 1 aliphatic heterocycles. The van der Waals surface area contributed by atoms with Crippen LogP contribution in [0.15, 0.2) is 24.3 Å². The van der Waals surface area contributed by atoms with Crippen LogP contribution < -0.4 is 5.32 Å². The smallest absolute Gasteiger partial charge is 0.328 e. The van der Waals surface area contributed by atoms with E-state index < -0.39 is 48.9 Å². The topological polar surface area (TPSA) is 119 Å². The number of esters is 2. The number of amides is 3. The molecular formula is C19H22N2O7. The quantitative estimate of drug-likeness (QED) is 0.508. The van der Waals surface area contributed by atoms with Crippen molar-refractivity contribution in [3.8, 4) is 0 Å². The Bertz CT molecular complexity index is 770. The zero-order chi connectivity index (χ0) is 20.8. The molecule has 2 rings (SSSR count). The van der Waals surface area contributed by atoms with Gasteiger partial charge in [0.2, 0.25) is 0 Å². The first-order valence-electron chi connectivity index (χ1n) is 8.78. The van der Waals surface area contributed by atoms with Crippen LogP contribution in [0.1, 0.15) is 41.0 Å². The van der Waals surface area contributed by atoms with Crippen LogP contribution in [-0.4, -0.2) is 60.9 Å². The highest BCUT2D eigenvalue weighted by molar-refractivity contribution is 6.22. The van der Waals surface area contributed by atoms with Crippen LogP contribution in [0.2, 0.25) is 0 Å². The van der Waals surface area contributed by atoms with Gasteiger partial charge in [0.1, 0.15) is 12.6 Å². The summed E-state index contributed by atoms with van der Waals surface area (Å²) >= 11 is 0. The molecule has 0 spiro atoms. The SMILES string of the molecule is CC[C@H](C)[C@@H](NC(=O)COC(=O)CN1C(=O)c2ccccc2C1=O)C(=O)OC.